The number of unbranched alkanes of at least 4 members (excludes halogenated alkanes) is 2. The molecule has 2 aromatic carbocycles. The third-order valence-electron chi connectivity index (χ3n) is 6.94. The van der Waals surface area contributed by atoms with Gasteiger partial charge in [0.25, 0.3) is 5.91 Å². The van der Waals surface area contributed by atoms with Crippen LogP contribution in [0.3, 0.4) is 0 Å². The molecule has 2 aromatic rings. The van der Waals surface area contributed by atoms with E-state index in [0.717, 1.165) is 32.1 Å². The summed E-state index contributed by atoms with van der Waals surface area (Å²) in [5.41, 5.74) is 3.16. The number of hydrogen-bond donors (Lipinski definition) is 3. The number of carbonyl (C=O) groups is 1. The number of nitrogens with one attached hydrogen (secondary N) is 3. The summed E-state index contributed by atoms with van der Waals surface area (Å²) in [6.45, 7) is 2.81. The number of amides is 1. The fraction of sp³-hybridized carbons (Fsp3) is 0.464. The molecule has 1 aliphatic carbocycles. The van der Waals surface area contributed by atoms with Crippen LogP contribution >= 0.6 is 0 Å². The van der Waals surface area contributed by atoms with Crippen molar-refractivity contribution in [2.24, 2.45) is 4.99 Å². The van der Waals surface area contributed by atoms with Crippen molar-refractivity contribution in [1.82, 2.24) is 16.0 Å². The molecule has 0 radical (unpaired) electrons. The largest absolute Gasteiger partial charge is 0.359 e. The molecule has 6 nitrogen and oxygen atoms in total. The summed E-state index contributed by atoms with van der Waals surface area (Å²) in [6.07, 6.45) is 10.3. The molecule has 0 atom stereocenters. The lowest BCUT2D eigenvalue weighted by atomic mass is 9.68. The van der Waals surface area contributed by atoms with Crippen LogP contribution in [-0.2, 0) is 11.8 Å². The molecule has 0 spiro atoms. The van der Waals surface area contributed by atoms with Crippen LogP contribution in [0.5, 0.6) is 0 Å². The van der Waals surface area contributed by atoms with Crippen molar-refractivity contribution in [2.75, 3.05) is 13.6 Å². The van der Waals surface area contributed by atoms with E-state index in [9.17, 15) is 4.79 Å². The zero-order valence-electron chi connectivity index (χ0n) is 20.4. The molecule has 6 heteroatoms. The maximum Gasteiger partial charge on any atom is 0.251 e. The summed E-state index contributed by atoms with van der Waals surface area (Å²) < 4.78 is 0. The minimum Gasteiger partial charge on any atom is -0.359 e. The van der Waals surface area contributed by atoms with Crippen LogP contribution in [0.2, 0.25) is 0 Å². The topological polar surface area (TPSA) is 89.3 Å². The third-order valence-corrected chi connectivity index (χ3v) is 6.94. The summed E-state index contributed by atoms with van der Waals surface area (Å²) in [6, 6.07) is 18.8. The number of guanidine groups is 1. The number of benzene rings is 2. The minimum absolute atomic E-state index is 0.0192. The second kappa shape index (κ2) is 12.8. The van der Waals surface area contributed by atoms with Crippen LogP contribution in [0.4, 0.5) is 0 Å². The Hall–Kier alpha value is -3.33. The number of nitrogens with zero attached hydrogens (tertiary/aromatic N) is 2. The number of aliphatic imine (C=N–C) groups is 1. The second-order valence-electron chi connectivity index (χ2n) is 9.21. The Bertz CT molecular complexity index is 970. The van der Waals surface area contributed by atoms with E-state index in [1.807, 2.05) is 24.4 Å². The lowest BCUT2D eigenvalue weighted by Crippen LogP contribution is -2.49. The molecule has 0 unspecified atom stereocenters. The molecule has 0 aliphatic heterocycles. The van der Waals surface area contributed by atoms with E-state index in [0.29, 0.717) is 18.1 Å². The minimum atomic E-state index is -0.110. The molecular weight excluding hydrogens is 422 g/mol. The van der Waals surface area contributed by atoms with Gasteiger partial charge in [0, 0.05) is 30.6 Å². The van der Waals surface area contributed by atoms with Crippen molar-refractivity contribution < 1.29 is 4.79 Å². The van der Waals surface area contributed by atoms with Gasteiger partial charge >= 0.3 is 0 Å². The molecule has 0 heterocycles. The zero-order valence-corrected chi connectivity index (χ0v) is 20.4. The van der Waals surface area contributed by atoms with Gasteiger partial charge in [-0.2, -0.15) is 5.26 Å². The molecule has 1 aliphatic rings. The first kappa shape index (κ1) is 25.3. The van der Waals surface area contributed by atoms with Crippen LogP contribution in [0.1, 0.15) is 73.4 Å². The van der Waals surface area contributed by atoms with Crippen molar-refractivity contribution >= 4 is 11.9 Å². The number of rotatable bonds is 9. The highest BCUT2D eigenvalue weighted by Crippen LogP contribution is 2.39. The van der Waals surface area contributed by atoms with E-state index in [1.165, 1.54) is 30.4 Å². The standard InChI is InChI=1S/C28H37N5O/c1-3-4-6-9-22-12-14-23(15-13-22)26(34)31-20-28(24-10-7-5-8-11-24)18-16-25(17-19-28)33-27(30-2)32-21-29/h5,7-8,10-15,25H,3-4,6,9,16-20H2,1-2H3,(H,31,34)(H2,30,32,33)/t25-,28-. The average molecular weight is 460 g/mol. The first-order valence-corrected chi connectivity index (χ1v) is 12.4. The van der Waals surface area contributed by atoms with Crippen molar-refractivity contribution in [1.29, 1.82) is 5.26 Å². The maximum atomic E-state index is 13.0. The van der Waals surface area contributed by atoms with E-state index in [4.69, 9.17) is 5.26 Å². The van der Waals surface area contributed by atoms with E-state index in [1.54, 1.807) is 7.05 Å². The van der Waals surface area contributed by atoms with E-state index in [-0.39, 0.29) is 17.4 Å². The monoisotopic (exact) mass is 459 g/mol. The smallest absolute Gasteiger partial charge is 0.251 e. The third kappa shape index (κ3) is 6.84. The van der Waals surface area contributed by atoms with E-state index < -0.39 is 0 Å². The van der Waals surface area contributed by atoms with Gasteiger partial charge in [-0.15, -0.1) is 4.99 Å². The Balaban J connectivity index is 1.64. The normalized spacial score (nSPS) is 20.3. The maximum absolute atomic E-state index is 13.0. The number of nitriles is 1. The summed E-state index contributed by atoms with van der Waals surface area (Å²) in [5, 5.41) is 18.4. The number of hydrogen-bond acceptors (Lipinski definition) is 3. The molecule has 34 heavy (non-hydrogen) atoms. The van der Waals surface area contributed by atoms with Crippen LogP contribution in [0, 0.1) is 11.5 Å². The lowest BCUT2D eigenvalue weighted by Gasteiger charge is -2.41. The van der Waals surface area contributed by atoms with Crippen molar-refractivity contribution in [3.63, 3.8) is 0 Å². The lowest BCUT2D eigenvalue weighted by molar-refractivity contribution is 0.0935. The average Bonchev–Trinajstić information content (AvgIpc) is 2.89. The molecule has 3 rings (SSSR count). The van der Waals surface area contributed by atoms with Gasteiger partial charge in [-0.3, -0.25) is 4.79 Å². The Morgan fingerprint density at radius 1 is 1.09 bits per heavy atom. The SMILES string of the molecule is CCCCCc1ccc(C(=O)NC[C@]2(c3ccccc3)CC[C@H](N/C(=N/C#N)NC)CC2)cc1. The molecule has 1 amide bonds. The predicted molar refractivity (Wildman–Crippen MR) is 138 cm³/mol. The van der Waals surface area contributed by atoms with E-state index >= 15 is 0 Å². The van der Waals surface area contributed by atoms with Crippen LogP contribution in [0.15, 0.2) is 59.6 Å². The highest BCUT2D eigenvalue weighted by Gasteiger charge is 2.37. The molecule has 3 N–H and O–H groups in total. The first-order chi connectivity index (χ1) is 16.6. The molecular formula is C28H37N5O. The van der Waals surface area contributed by atoms with Gasteiger partial charge in [-0.1, -0.05) is 62.2 Å². The van der Waals surface area contributed by atoms with E-state index in [2.05, 4.69) is 64.3 Å². The van der Waals surface area contributed by atoms with Gasteiger partial charge in [0.1, 0.15) is 0 Å². The van der Waals surface area contributed by atoms with Gasteiger partial charge in [0.15, 0.2) is 0 Å². The summed E-state index contributed by atoms with van der Waals surface area (Å²) >= 11 is 0. The second-order valence-corrected chi connectivity index (χ2v) is 9.21. The number of carbonyl (C=O) groups excluding carboxylic acids is 1. The molecule has 0 bridgehead atoms. The summed E-state index contributed by atoms with van der Waals surface area (Å²) in [7, 11) is 1.76. The molecule has 180 valence electrons. The molecule has 0 aromatic heterocycles. The summed E-state index contributed by atoms with van der Waals surface area (Å²) in [4.78, 5) is 16.8. The molecule has 1 fully saturated rings. The first-order valence-electron chi connectivity index (χ1n) is 12.4. The fourth-order valence-corrected chi connectivity index (χ4v) is 4.83. The Kier molecular flexibility index (Phi) is 9.51. The zero-order chi connectivity index (χ0) is 24.2. The van der Waals surface area contributed by atoms with Crippen LogP contribution < -0.4 is 16.0 Å². The highest BCUT2D eigenvalue weighted by atomic mass is 16.1. The van der Waals surface area contributed by atoms with Crippen LogP contribution in [0.25, 0.3) is 0 Å². The van der Waals surface area contributed by atoms with Gasteiger partial charge in [-0.25, -0.2) is 0 Å². The molecule has 1 saturated carbocycles. The number of aryl methyl sites for hydroxylation is 1. The summed E-state index contributed by atoms with van der Waals surface area (Å²) in [5.74, 6) is 0.487. The van der Waals surface area contributed by atoms with Crippen LogP contribution in [-0.4, -0.2) is 31.5 Å². The van der Waals surface area contributed by atoms with Gasteiger partial charge in [0.05, 0.1) is 0 Å². The Morgan fingerprint density at radius 2 is 1.79 bits per heavy atom. The van der Waals surface area contributed by atoms with Gasteiger partial charge < -0.3 is 16.0 Å². The van der Waals surface area contributed by atoms with Crippen molar-refractivity contribution in [3.8, 4) is 6.19 Å². The fourth-order valence-electron chi connectivity index (χ4n) is 4.83. The van der Waals surface area contributed by atoms with Gasteiger partial charge in [-0.05, 0) is 61.8 Å². The Labute approximate surface area is 203 Å². The quantitative estimate of drug-likeness (QED) is 0.220. The van der Waals surface area contributed by atoms with Crippen molar-refractivity contribution in [2.45, 2.75) is 69.7 Å². The molecule has 0 saturated heterocycles. The Morgan fingerprint density at radius 3 is 2.41 bits per heavy atom. The highest BCUT2D eigenvalue weighted by molar-refractivity contribution is 5.94. The van der Waals surface area contributed by atoms with Crippen molar-refractivity contribution in [3.05, 3.63) is 71.3 Å². The predicted octanol–water partition coefficient (Wildman–Crippen LogP) is 4.68. The van der Waals surface area contributed by atoms with Gasteiger partial charge in [0.2, 0.25) is 12.2 Å².